The highest BCUT2D eigenvalue weighted by atomic mass is 16.6. The molecule has 0 spiro atoms. The van der Waals surface area contributed by atoms with E-state index >= 15 is 0 Å². The van der Waals surface area contributed by atoms with Crippen molar-refractivity contribution in [1.29, 1.82) is 0 Å². The summed E-state index contributed by atoms with van der Waals surface area (Å²) in [5.41, 5.74) is 0. The van der Waals surface area contributed by atoms with Gasteiger partial charge in [0.05, 0.1) is 6.07 Å². The quantitative estimate of drug-likeness (QED) is 0.488. The van der Waals surface area contributed by atoms with Crippen molar-refractivity contribution in [3.8, 4) is 0 Å². The predicted octanol–water partition coefficient (Wildman–Crippen LogP) is 1.79. The van der Waals surface area contributed by atoms with E-state index in [4.69, 9.17) is 4.42 Å². The van der Waals surface area contributed by atoms with Crippen molar-refractivity contribution in [2.45, 2.75) is 25.7 Å². The highest BCUT2D eigenvalue weighted by molar-refractivity contribution is 5.91. The second kappa shape index (κ2) is 7.04. The topological polar surface area (TPSA) is 88.6 Å². The fourth-order valence-electron chi connectivity index (χ4n) is 2.32. The van der Waals surface area contributed by atoms with Crippen molar-refractivity contribution in [3.63, 3.8) is 0 Å². The summed E-state index contributed by atoms with van der Waals surface area (Å²) in [5, 5.41) is 13.2. The molecule has 110 valence electrons. The molecule has 1 N–H and O–H groups in total. The summed E-state index contributed by atoms with van der Waals surface area (Å²) < 4.78 is 4.83. The van der Waals surface area contributed by atoms with Crippen LogP contribution in [0.25, 0.3) is 0 Å². The predicted molar refractivity (Wildman–Crippen MR) is 72.6 cm³/mol. The van der Waals surface area contributed by atoms with Crippen molar-refractivity contribution in [2.75, 3.05) is 26.2 Å². The Balaban J connectivity index is 1.67. The van der Waals surface area contributed by atoms with Crippen LogP contribution in [0.4, 0.5) is 5.88 Å². The molecule has 1 fully saturated rings. The maximum absolute atomic E-state index is 11.7. The van der Waals surface area contributed by atoms with Crippen LogP contribution in [-0.4, -0.2) is 41.9 Å². The number of nitrogens with zero attached hydrogens (tertiary/aromatic N) is 2. The molecule has 0 aromatic carbocycles. The van der Waals surface area contributed by atoms with Gasteiger partial charge >= 0.3 is 5.88 Å². The van der Waals surface area contributed by atoms with Crippen LogP contribution in [0.1, 0.15) is 36.2 Å². The lowest BCUT2D eigenvalue weighted by Crippen LogP contribution is -2.33. The number of rotatable bonds is 6. The Kier molecular flexibility index (Phi) is 5.11. The van der Waals surface area contributed by atoms with E-state index in [9.17, 15) is 14.9 Å². The molecule has 1 aliphatic heterocycles. The zero-order chi connectivity index (χ0) is 14.4. The number of carbonyl (C=O) groups excluding carboxylic acids is 1. The molecule has 0 radical (unpaired) electrons. The molecule has 7 nitrogen and oxygen atoms in total. The van der Waals surface area contributed by atoms with Crippen LogP contribution in [0.5, 0.6) is 0 Å². The Bertz CT molecular complexity index is 466. The number of piperidine rings is 1. The van der Waals surface area contributed by atoms with Crippen LogP contribution in [0, 0.1) is 10.1 Å². The van der Waals surface area contributed by atoms with E-state index in [0.29, 0.717) is 6.54 Å². The Morgan fingerprint density at radius 3 is 2.75 bits per heavy atom. The van der Waals surface area contributed by atoms with Gasteiger partial charge in [0, 0.05) is 6.54 Å². The van der Waals surface area contributed by atoms with Gasteiger partial charge in [0.1, 0.15) is 4.92 Å². The number of nitrogens with one attached hydrogen (secondary N) is 1. The first-order valence-electron chi connectivity index (χ1n) is 6.91. The summed E-state index contributed by atoms with van der Waals surface area (Å²) in [6, 6.07) is 2.50. The molecule has 0 unspecified atom stereocenters. The lowest BCUT2D eigenvalue weighted by atomic mass is 10.1. The van der Waals surface area contributed by atoms with Crippen molar-refractivity contribution in [3.05, 3.63) is 28.0 Å². The summed E-state index contributed by atoms with van der Waals surface area (Å²) in [5.74, 6) is -0.838. The third kappa shape index (κ3) is 4.06. The van der Waals surface area contributed by atoms with Gasteiger partial charge in [-0.25, -0.2) is 0 Å². The number of hydrogen-bond acceptors (Lipinski definition) is 5. The summed E-state index contributed by atoms with van der Waals surface area (Å²) in [6.07, 6.45) is 4.68. The van der Waals surface area contributed by atoms with Gasteiger partial charge in [-0.3, -0.25) is 14.9 Å². The van der Waals surface area contributed by atoms with Crippen molar-refractivity contribution in [1.82, 2.24) is 10.2 Å². The summed E-state index contributed by atoms with van der Waals surface area (Å²) in [7, 11) is 0. The van der Waals surface area contributed by atoms with Crippen molar-refractivity contribution in [2.24, 2.45) is 0 Å². The van der Waals surface area contributed by atoms with Gasteiger partial charge in [-0.05, 0) is 45.0 Å². The van der Waals surface area contributed by atoms with Crippen LogP contribution >= 0.6 is 0 Å². The van der Waals surface area contributed by atoms with E-state index in [0.717, 1.165) is 26.1 Å². The first kappa shape index (κ1) is 14.5. The molecule has 1 amide bonds. The minimum Gasteiger partial charge on any atom is -0.395 e. The van der Waals surface area contributed by atoms with E-state index in [1.165, 1.54) is 31.4 Å². The molecule has 7 heteroatoms. The molecule has 0 atom stereocenters. The number of amides is 1. The Morgan fingerprint density at radius 1 is 1.35 bits per heavy atom. The standard InChI is InChI=1S/C13H19N3O4/c17-13(11-5-6-12(20-11)16(18)19)14-7-4-10-15-8-2-1-3-9-15/h5-6H,1-4,7-10H2,(H,14,17). The van der Waals surface area contributed by atoms with Crippen molar-refractivity contribution >= 4 is 11.8 Å². The van der Waals surface area contributed by atoms with Crippen LogP contribution in [-0.2, 0) is 0 Å². The third-order valence-corrected chi connectivity index (χ3v) is 3.38. The van der Waals surface area contributed by atoms with Gasteiger partial charge in [0.25, 0.3) is 5.91 Å². The maximum atomic E-state index is 11.7. The van der Waals surface area contributed by atoms with Crippen LogP contribution in [0.15, 0.2) is 16.5 Å². The molecular formula is C13H19N3O4. The molecule has 1 aromatic heterocycles. The summed E-state index contributed by atoms with van der Waals surface area (Å²) in [6.45, 7) is 3.79. The highest BCUT2D eigenvalue weighted by Crippen LogP contribution is 2.15. The van der Waals surface area contributed by atoms with Crippen LogP contribution in [0.3, 0.4) is 0 Å². The molecular weight excluding hydrogens is 262 g/mol. The van der Waals surface area contributed by atoms with Gasteiger partial charge in [0.2, 0.25) is 0 Å². The van der Waals surface area contributed by atoms with Gasteiger partial charge in [0.15, 0.2) is 5.76 Å². The second-order valence-electron chi connectivity index (χ2n) is 4.91. The zero-order valence-electron chi connectivity index (χ0n) is 11.3. The van der Waals surface area contributed by atoms with E-state index < -0.39 is 16.7 Å². The van der Waals surface area contributed by atoms with Crippen LogP contribution < -0.4 is 5.32 Å². The molecule has 2 heterocycles. The first-order valence-corrected chi connectivity index (χ1v) is 6.91. The normalized spacial score (nSPS) is 16.0. The van der Waals surface area contributed by atoms with E-state index in [-0.39, 0.29) is 5.76 Å². The number of hydrogen-bond donors (Lipinski definition) is 1. The fourth-order valence-corrected chi connectivity index (χ4v) is 2.32. The van der Waals surface area contributed by atoms with Crippen LogP contribution in [0.2, 0.25) is 0 Å². The third-order valence-electron chi connectivity index (χ3n) is 3.38. The molecule has 2 rings (SSSR count). The second-order valence-corrected chi connectivity index (χ2v) is 4.91. The molecule has 1 saturated heterocycles. The lowest BCUT2D eigenvalue weighted by molar-refractivity contribution is -0.402. The fraction of sp³-hybridized carbons (Fsp3) is 0.615. The Hall–Kier alpha value is -1.89. The molecule has 20 heavy (non-hydrogen) atoms. The number of furan rings is 1. The van der Waals surface area contributed by atoms with Gasteiger partial charge in [-0.1, -0.05) is 6.42 Å². The summed E-state index contributed by atoms with van der Waals surface area (Å²) in [4.78, 5) is 23.9. The smallest absolute Gasteiger partial charge is 0.395 e. The maximum Gasteiger partial charge on any atom is 0.433 e. The molecule has 0 saturated carbocycles. The Labute approximate surface area is 117 Å². The number of carbonyl (C=O) groups is 1. The molecule has 0 aliphatic carbocycles. The lowest BCUT2D eigenvalue weighted by Gasteiger charge is -2.26. The monoisotopic (exact) mass is 281 g/mol. The number of nitro groups is 1. The van der Waals surface area contributed by atoms with Crippen molar-refractivity contribution < 1.29 is 14.1 Å². The van der Waals surface area contributed by atoms with E-state index in [1.54, 1.807) is 0 Å². The minimum absolute atomic E-state index is 0.0188. The minimum atomic E-state index is -0.660. The summed E-state index contributed by atoms with van der Waals surface area (Å²) >= 11 is 0. The van der Waals surface area contributed by atoms with E-state index in [1.807, 2.05) is 0 Å². The molecule has 1 aromatic rings. The average Bonchev–Trinajstić information content (AvgIpc) is 2.94. The van der Waals surface area contributed by atoms with E-state index in [2.05, 4.69) is 10.2 Å². The highest BCUT2D eigenvalue weighted by Gasteiger charge is 2.17. The Morgan fingerprint density at radius 2 is 2.10 bits per heavy atom. The number of likely N-dealkylation sites (tertiary alicyclic amines) is 1. The molecule has 0 bridgehead atoms. The SMILES string of the molecule is O=C(NCCCN1CCCCC1)c1ccc([N+](=O)[O-])o1. The molecule has 1 aliphatic rings. The average molecular weight is 281 g/mol. The van der Waals surface area contributed by atoms with Gasteiger partial charge in [-0.2, -0.15) is 0 Å². The zero-order valence-corrected chi connectivity index (χ0v) is 11.3. The van der Waals surface area contributed by atoms with Gasteiger partial charge < -0.3 is 14.6 Å². The van der Waals surface area contributed by atoms with Gasteiger partial charge in [-0.15, -0.1) is 0 Å². The largest absolute Gasteiger partial charge is 0.433 e. The first-order chi connectivity index (χ1) is 9.66.